The molecule has 0 radical (unpaired) electrons. The Bertz CT molecular complexity index is 435. The Labute approximate surface area is 114 Å². The van der Waals surface area contributed by atoms with Gasteiger partial charge in [-0.2, -0.15) is 0 Å². The molecular formula is C14H22N4O. The normalized spacial score (nSPS) is 19.3. The molecule has 0 aliphatic carbocycles. The zero-order chi connectivity index (χ0) is 13.7. The smallest absolute Gasteiger partial charge is 0.236 e. The van der Waals surface area contributed by atoms with Crippen LogP contribution in [0.2, 0.25) is 0 Å². The molecule has 2 heterocycles. The summed E-state index contributed by atoms with van der Waals surface area (Å²) in [6.07, 6.45) is 4.03. The lowest BCUT2D eigenvalue weighted by molar-refractivity contribution is -0.131. The van der Waals surface area contributed by atoms with Crippen LogP contribution < -0.4 is 10.6 Å². The van der Waals surface area contributed by atoms with E-state index in [0.717, 1.165) is 31.7 Å². The van der Waals surface area contributed by atoms with Gasteiger partial charge in [0.25, 0.3) is 0 Å². The molecule has 1 aromatic rings. The van der Waals surface area contributed by atoms with E-state index >= 15 is 0 Å². The minimum atomic E-state index is 0.190. The van der Waals surface area contributed by atoms with Gasteiger partial charge in [0.2, 0.25) is 5.91 Å². The van der Waals surface area contributed by atoms with Crippen molar-refractivity contribution in [3.63, 3.8) is 0 Å². The van der Waals surface area contributed by atoms with Gasteiger partial charge in [0, 0.05) is 32.3 Å². The van der Waals surface area contributed by atoms with Crippen LogP contribution in [0.3, 0.4) is 0 Å². The predicted octanol–water partition coefficient (Wildman–Crippen LogP) is 1.05. The van der Waals surface area contributed by atoms with E-state index in [1.54, 1.807) is 7.05 Å². The minimum Gasteiger partial charge on any atom is -0.373 e. The number of pyridine rings is 1. The molecule has 0 bridgehead atoms. The average Bonchev–Trinajstić information content (AvgIpc) is 2.48. The molecule has 5 nitrogen and oxygen atoms in total. The van der Waals surface area contributed by atoms with Crippen molar-refractivity contribution in [1.29, 1.82) is 0 Å². The Hall–Kier alpha value is -1.62. The highest BCUT2D eigenvalue weighted by molar-refractivity contribution is 5.78. The van der Waals surface area contributed by atoms with Crippen LogP contribution in [-0.4, -0.2) is 49.5 Å². The number of hydrogen-bond donors (Lipinski definition) is 2. The van der Waals surface area contributed by atoms with Crippen molar-refractivity contribution < 1.29 is 4.79 Å². The molecule has 0 aromatic carbocycles. The molecule has 1 aliphatic rings. The number of piperidine rings is 1. The van der Waals surface area contributed by atoms with E-state index in [2.05, 4.69) is 27.8 Å². The summed E-state index contributed by atoms with van der Waals surface area (Å²) in [6.45, 7) is 2.11. The van der Waals surface area contributed by atoms with Gasteiger partial charge >= 0.3 is 0 Å². The topological polar surface area (TPSA) is 57.3 Å². The maximum atomic E-state index is 11.9. The Morgan fingerprint density at radius 3 is 3.11 bits per heavy atom. The summed E-state index contributed by atoms with van der Waals surface area (Å²) in [4.78, 5) is 18.1. The highest BCUT2D eigenvalue weighted by Crippen LogP contribution is 2.27. The summed E-state index contributed by atoms with van der Waals surface area (Å²) in [7, 11) is 3.68. The minimum absolute atomic E-state index is 0.190. The van der Waals surface area contributed by atoms with Crippen molar-refractivity contribution in [2.24, 2.45) is 0 Å². The number of hydrogen-bond acceptors (Lipinski definition) is 4. The highest BCUT2D eigenvalue weighted by Gasteiger charge is 2.24. The third-order valence-electron chi connectivity index (χ3n) is 3.61. The summed E-state index contributed by atoms with van der Waals surface area (Å²) in [5.41, 5.74) is 1.27. The van der Waals surface area contributed by atoms with Gasteiger partial charge in [-0.1, -0.05) is 0 Å². The van der Waals surface area contributed by atoms with Gasteiger partial charge < -0.3 is 15.5 Å². The van der Waals surface area contributed by atoms with Gasteiger partial charge in [-0.3, -0.25) is 4.79 Å². The number of carbonyl (C=O) groups is 1. The summed E-state index contributed by atoms with van der Waals surface area (Å²) in [6, 6.07) is 4.13. The molecule has 19 heavy (non-hydrogen) atoms. The van der Waals surface area contributed by atoms with Gasteiger partial charge in [0.1, 0.15) is 5.82 Å². The number of likely N-dealkylation sites (N-methyl/N-ethyl adjacent to an activating group) is 1. The van der Waals surface area contributed by atoms with Crippen molar-refractivity contribution in [1.82, 2.24) is 15.2 Å². The third-order valence-corrected chi connectivity index (χ3v) is 3.61. The van der Waals surface area contributed by atoms with E-state index in [1.807, 2.05) is 18.1 Å². The van der Waals surface area contributed by atoms with Gasteiger partial charge in [0.05, 0.1) is 6.54 Å². The highest BCUT2D eigenvalue weighted by atomic mass is 16.2. The van der Waals surface area contributed by atoms with Gasteiger partial charge in [-0.15, -0.1) is 0 Å². The molecule has 104 valence electrons. The van der Waals surface area contributed by atoms with E-state index in [-0.39, 0.29) is 5.91 Å². The number of carbonyl (C=O) groups excluding carboxylic acids is 1. The van der Waals surface area contributed by atoms with Crippen LogP contribution in [0.4, 0.5) is 5.82 Å². The standard InChI is InChI=1S/C14H22N4O/c1-15-9-14(19)18-7-3-4-12(10-18)11-5-6-17-13(8-11)16-2/h5-6,8,12,15H,3-4,7,9-10H2,1-2H3,(H,16,17)/t12-/m1/s1. The maximum Gasteiger partial charge on any atom is 0.236 e. The van der Waals surface area contributed by atoms with E-state index in [1.165, 1.54) is 5.56 Å². The molecule has 2 rings (SSSR count). The molecule has 0 unspecified atom stereocenters. The van der Waals surface area contributed by atoms with Crippen LogP contribution in [0.25, 0.3) is 0 Å². The summed E-state index contributed by atoms with van der Waals surface area (Å²) < 4.78 is 0. The first-order valence-corrected chi connectivity index (χ1v) is 6.80. The number of nitrogens with one attached hydrogen (secondary N) is 2. The lowest BCUT2D eigenvalue weighted by Crippen LogP contribution is -2.42. The summed E-state index contributed by atoms with van der Waals surface area (Å²) >= 11 is 0. The average molecular weight is 262 g/mol. The van der Waals surface area contributed by atoms with Crippen molar-refractivity contribution in [3.05, 3.63) is 23.9 Å². The summed E-state index contributed by atoms with van der Waals surface area (Å²) in [5, 5.41) is 5.99. The van der Waals surface area contributed by atoms with E-state index < -0.39 is 0 Å². The number of anilines is 1. The Morgan fingerprint density at radius 2 is 2.37 bits per heavy atom. The predicted molar refractivity (Wildman–Crippen MR) is 76.3 cm³/mol. The Morgan fingerprint density at radius 1 is 1.53 bits per heavy atom. The molecule has 0 saturated carbocycles. The van der Waals surface area contributed by atoms with Crippen LogP contribution >= 0.6 is 0 Å². The Balaban J connectivity index is 2.05. The van der Waals surface area contributed by atoms with Crippen molar-refractivity contribution in [2.45, 2.75) is 18.8 Å². The van der Waals surface area contributed by atoms with Crippen molar-refractivity contribution in [3.8, 4) is 0 Å². The zero-order valence-electron chi connectivity index (χ0n) is 11.6. The molecule has 1 saturated heterocycles. The first-order chi connectivity index (χ1) is 9.24. The number of rotatable bonds is 4. The fourth-order valence-electron chi connectivity index (χ4n) is 2.58. The largest absolute Gasteiger partial charge is 0.373 e. The van der Waals surface area contributed by atoms with Crippen molar-refractivity contribution in [2.75, 3.05) is 39.0 Å². The monoisotopic (exact) mass is 262 g/mol. The quantitative estimate of drug-likeness (QED) is 0.851. The molecule has 2 N–H and O–H groups in total. The lowest BCUT2D eigenvalue weighted by Gasteiger charge is -2.33. The van der Waals surface area contributed by atoms with Gasteiger partial charge in [-0.25, -0.2) is 4.98 Å². The number of nitrogens with zero attached hydrogens (tertiary/aromatic N) is 2. The number of likely N-dealkylation sites (tertiary alicyclic amines) is 1. The fourth-order valence-corrected chi connectivity index (χ4v) is 2.58. The van der Waals surface area contributed by atoms with Crippen LogP contribution in [-0.2, 0) is 4.79 Å². The summed E-state index contributed by atoms with van der Waals surface area (Å²) in [5.74, 6) is 1.50. The molecule has 1 aromatic heterocycles. The van der Waals surface area contributed by atoms with E-state index in [9.17, 15) is 4.79 Å². The van der Waals surface area contributed by atoms with Crippen LogP contribution in [0.15, 0.2) is 18.3 Å². The van der Waals surface area contributed by atoms with E-state index in [0.29, 0.717) is 12.5 Å². The second-order valence-corrected chi connectivity index (χ2v) is 4.93. The molecule has 1 fully saturated rings. The second-order valence-electron chi connectivity index (χ2n) is 4.93. The molecular weight excluding hydrogens is 240 g/mol. The first kappa shape index (κ1) is 13.8. The lowest BCUT2D eigenvalue weighted by atomic mass is 9.91. The van der Waals surface area contributed by atoms with Gasteiger partial charge in [-0.05, 0) is 37.6 Å². The molecule has 0 spiro atoms. The van der Waals surface area contributed by atoms with Crippen LogP contribution in [0, 0.1) is 0 Å². The second kappa shape index (κ2) is 6.52. The van der Waals surface area contributed by atoms with Crippen LogP contribution in [0.1, 0.15) is 24.3 Å². The van der Waals surface area contributed by atoms with Crippen LogP contribution in [0.5, 0.6) is 0 Å². The first-order valence-electron chi connectivity index (χ1n) is 6.80. The molecule has 1 atom stereocenters. The third kappa shape index (κ3) is 3.44. The fraction of sp³-hybridized carbons (Fsp3) is 0.571. The maximum absolute atomic E-state index is 11.9. The molecule has 1 aliphatic heterocycles. The molecule has 5 heteroatoms. The van der Waals surface area contributed by atoms with E-state index in [4.69, 9.17) is 0 Å². The number of aromatic nitrogens is 1. The zero-order valence-corrected chi connectivity index (χ0v) is 11.6. The molecule has 1 amide bonds. The van der Waals surface area contributed by atoms with Crippen molar-refractivity contribution >= 4 is 11.7 Å². The SMILES string of the molecule is CNCC(=O)N1CCC[C@@H](c2ccnc(NC)c2)C1. The van der Waals surface area contributed by atoms with Gasteiger partial charge in [0.15, 0.2) is 0 Å². The number of amides is 1. The Kier molecular flexibility index (Phi) is 4.74.